The molecule has 0 spiro atoms. The molecule has 0 N–H and O–H groups in total. The van der Waals surface area contributed by atoms with Gasteiger partial charge >= 0.3 is 0 Å². The average molecular weight is 403 g/mol. The normalized spacial score (nSPS) is 22.6. The molecule has 0 aromatic carbocycles. The third-order valence-electron chi connectivity index (χ3n) is 2.99. The molecule has 1 aliphatic heterocycles. The summed E-state index contributed by atoms with van der Waals surface area (Å²) < 4.78 is 7.93. The number of ether oxygens (including phenoxy) is 1. The number of hydrogen-bond acceptors (Lipinski definition) is 2. The zero-order valence-corrected chi connectivity index (χ0v) is 14.2. The highest BCUT2D eigenvalue weighted by Gasteiger charge is 2.18. The molecule has 0 bridgehead atoms. The summed E-state index contributed by atoms with van der Waals surface area (Å²) in [7, 11) is 0. The van der Waals surface area contributed by atoms with Gasteiger partial charge in [0.25, 0.3) is 0 Å². The summed E-state index contributed by atoms with van der Waals surface area (Å²) in [5.41, 5.74) is 0. The van der Waals surface area contributed by atoms with Gasteiger partial charge in [0.05, 0.1) is 15.3 Å². The number of rotatable bonds is 4. The highest BCUT2D eigenvalue weighted by molar-refractivity contribution is 9.13. The third-order valence-corrected chi connectivity index (χ3v) is 6.94. The molecule has 0 radical (unpaired) electrons. The van der Waals surface area contributed by atoms with E-state index < -0.39 is 0 Å². The second-order valence-corrected chi connectivity index (χ2v) is 8.09. The molecule has 5 heteroatoms. The molecule has 1 aromatic heterocycles. The molecule has 17 heavy (non-hydrogen) atoms. The van der Waals surface area contributed by atoms with Crippen molar-refractivity contribution in [2.24, 2.45) is 0 Å². The van der Waals surface area contributed by atoms with Crippen molar-refractivity contribution in [1.29, 1.82) is 0 Å². The Kier molecular flexibility index (Phi) is 5.81. The van der Waals surface area contributed by atoms with Crippen molar-refractivity contribution in [2.45, 2.75) is 43.6 Å². The summed E-state index contributed by atoms with van der Waals surface area (Å²) in [6.45, 7) is 0.924. The van der Waals surface area contributed by atoms with Gasteiger partial charge in [0.15, 0.2) is 0 Å². The minimum atomic E-state index is 0.105. The molecule has 0 aliphatic carbocycles. The zero-order valence-electron chi connectivity index (χ0n) is 9.43. The van der Waals surface area contributed by atoms with Crippen molar-refractivity contribution in [1.82, 2.24) is 0 Å². The predicted octanol–water partition coefficient (Wildman–Crippen LogP) is 5.90. The summed E-state index contributed by atoms with van der Waals surface area (Å²) in [6.07, 6.45) is 6.20. The third kappa shape index (κ3) is 4.20. The van der Waals surface area contributed by atoms with E-state index in [2.05, 4.69) is 37.9 Å². The molecular formula is C12H15Br2ClOS. The number of hydrogen-bond donors (Lipinski definition) is 0. The minimum absolute atomic E-state index is 0.105. The smallest absolute Gasteiger partial charge is 0.0843 e. The molecule has 96 valence electrons. The van der Waals surface area contributed by atoms with Crippen molar-refractivity contribution >= 4 is 54.8 Å². The van der Waals surface area contributed by atoms with Crippen molar-refractivity contribution in [3.05, 3.63) is 19.2 Å². The molecule has 2 heterocycles. The van der Waals surface area contributed by atoms with Crippen molar-refractivity contribution < 1.29 is 4.74 Å². The van der Waals surface area contributed by atoms with E-state index in [0.29, 0.717) is 6.10 Å². The maximum Gasteiger partial charge on any atom is 0.0843 e. The van der Waals surface area contributed by atoms with Crippen LogP contribution in [0.3, 0.4) is 0 Å². The molecular weight excluding hydrogens is 387 g/mol. The monoisotopic (exact) mass is 400 g/mol. The Morgan fingerprint density at radius 3 is 2.88 bits per heavy atom. The molecule has 2 rings (SSSR count). The topological polar surface area (TPSA) is 9.23 Å². The first-order valence-electron chi connectivity index (χ1n) is 5.87. The van der Waals surface area contributed by atoms with Gasteiger partial charge < -0.3 is 4.74 Å². The van der Waals surface area contributed by atoms with E-state index in [1.54, 1.807) is 11.3 Å². The molecule has 1 saturated heterocycles. The maximum absolute atomic E-state index is 6.42. The minimum Gasteiger partial charge on any atom is -0.378 e. The van der Waals surface area contributed by atoms with Crippen LogP contribution < -0.4 is 0 Å². The zero-order chi connectivity index (χ0) is 12.3. The largest absolute Gasteiger partial charge is 0.378 e. The quantitative estimate of drug-likeness (QED) is 0.570. The van der Waals surface area contributed by atoms with E-state index in [4.69, 9.17) is 16.3 Å². The van der Waals surface area contributed by atoms with Crippen LogP contribution in [0.15, 0.2) is 14.3 Å². The highest BCUT2D eigenvalue weighted by atomic mass is 79.9. The van der Waals surface area contributed by atoms with Gasteiger partial charge in [-0.2, -0.15) is 0 Å². The fraction of sp³-hybridized carbons (Fsp3) is 0.667. The molecule has 1 aromatic rings. The van der Waals surface area contributed by atoms with E-state index >= 15 is 0 Å². The fourth-order valence-electron chi connectivity index (χ4n) is 2.03. The second kappa shape index (κ2) is 6.90. The molecule has 0 saturated carbocycles. The Morgan fingerprint density at radius 2 is 2.29 bits per heavy atom. The van der Waals surface area contributed by atoms with Gasteiger partial charge in [0.2, 0.25) is 0 Å². The van der Waals surface area contributed by atoms with Crippen molar-refractivity contribution in [2.75, 3.05) is 6.61 Å². The summed E-state index contributed by atoms with van der Waals surface area (Å²) in [6, 6.07) is 2.11. The maximum atomic E-state index is 6.42. The lowest BCUT2D eigenvalue weighted by Gasteiger charge is -2.23. The van der Waals surface area contributed by atoms with Gasteiger partial charge in [-0.1, -0.05) is 0 Å². The van der Waals surface area contributed by atoms with E-state index in [1.807, 2.05) is 0 Å². The Labute approximate surface area is 128 Å². The van der Waals surface area contributed by atoms with Crippen LogP contribution in [0.4, 0.5) is 0 Å². The lowest BCUT2D eigenvalue weighted by Crippen LogP contribution is -2.19. The van der Waals surface area contributed by atoms with E-state index in [0.717, 1.165) is 27.7 Å². The fourth-order valence-corrected chi connectivity index (χ4v) is 4.45. The molecule has 1 aliphatic rings. The number of thiophene rings is 1. The van der Waals surface area contributed by atoms with Gasteiger partial charge in [-0.05, 0) is 70.0 Å². The van der Waals surface area contributed by atoms with Gasteiger partial charge in [-0.15, -0.1) is 22.9 Å². The average Bonchev–Trinajstić information content (AvgIpc) is 2.68. The number of alkyl halides is 1. The lowest BCUT2D eigenvalue weighted by atomic mass is 10.0. The van der Waals surface area contributed by atoms with Crippen LogP contribution in [-0.4, -0.2) is 12.7 Å². The first kappa shape index (κ1) is 14.3. The molecule has 0 amide bonds. The van der Waals surface area contributed by atoms with Gasteiger partial charge in [0, 0.05) is 16.0 Å². The Hall–Kier alpha value is 0.910. The first-order chi connectivity index (χ1) is 8.16. The van der Waals surface area contributed by atoms with Crippen molar-refractivity contribution in [3.8, 4) is 0 Å². The predicted molar refractivity (Wildman–Crippen MR) is 81.1 cm³/mol. The van der Waals surface area contributed by atoms with Crippen LogP contribution in [0.5, 0.6) is 0 Å². The molecule has 1 fully saturated rings. The van der Waals surface area contributed by atoms with E-state index in [9.17, 15) is 0 Å². The van der Waals surface area contributed by atoms with Crippen LogP contribution in [0.25, 0.3) is 0 Å². The summed E-state index contributed by atoms with van der Waals surface area (Å²) in [5.74, 6) is 0. The van der Waals surface area contributed by atoms with Gasteiger partial charge in [0.1, 0.15) is 0 Å². The highest BCUT2D eigenvalue weighted by Crippen LogP contribution is 2.39. The first-order valence-corrected chi connectivity index (χ1v) is 8.71. The van der Waals surface area contributed by atoms with Crippen LogP contribution >= 0.6 is 54.8 Å². The van der Waals surface area contributed by atoms with Gasteiger partial charge in [-0.25, -0.2) is 0 Å². The van der Waals surface area contributed by atoms with Crippen LogP contribution in [0.1, 0.15) is 42.4 Å². The SMILES string of the molecule is ClC(CCC1CCCCO1)c1cc(Br)c(Br)s1. The Bertz CT molecular complexity index is 344. The van der Waals surface area contributed by atoms with E-state index in [-0.39, 0.29) is 5.38 Å². The van der Waals surface area contributed by atoms with Gasteiger partial charge in [-0.3, -0.25) is 0 Å². The number of halogens is 3. The van der Waals surface area contributed by atoms with Crippen LogP contribution in [0, 0.1) is 0 Å². The molecule has 1 nitrogen and oxygen atoms in total. The standard InChI is InChI=1S/C12H15Br2ClOS/c13-9-7-11(17-12(9)14)10(15)5-4-8-3-1-2-6-16-8/h7-8,10H,1-6H2. The van der Waals surface area contributed by atoms with Crippen LogP contribution in [-0.2, 0) is 4.74 Å². The molecule has 2 atom stereocenters. The van der Waals surface area contributed by atoms with Crippen LogP contribution in [0.2, 0.25) is 0 Å². The molecule has 2 unspecified atom stereocenters. The van der Waals surface area contributed by atoms with Crippen molar-refractivity contribution in [3.63, 3.8) is 0 Å². The summed E-state index contributed by atoms with van der Waals surface area (Å²) in [5, 5.41) is 0.105. The van der Waals surface area contributed by atoms with E-state index in [1.165, 1.54) is 24.1 Å². The second-order valence-electron chi connectivity index (χ2n) is 4.30. The lowest BCUT2D eigenvalue weighted by molar-refractivity contribution is 0.0100. The summed E-state index contributed by atoms with van der Waals surface area (Å²) in [4.78, 5) is 1.22. The summed E-state index contributed by atoms with van der Waals surface area (Å²) >= 11 is 15.1. The Balaban J connectivity index is 1.82. The Morgan fingerprint density at radius 1 is 1.47 bits per heavy atom.